The molecule has 0 radical (unpaired) electrons. The molecule has 1 saturated heterocycles. The smallest absolute Gasteiger partial charge is 0.230 e. The highest BCUT2D eigenvalue weighted by molar-refractivity contribution is 9.09. The second kappa shape index (κ2) is 5.23. The molecule has 0 N–H and O–H groups in total. The van der Waals surface area contributed by atoms with Crippen LogP contribution in [0.2, 0.25) is 0 Å². The van der Waals surface area contributed by atoms with Crippen LogP contribution >= 0.6 is 27.3 Å². The molecule has 6 heteroatoms. The number of amides is 1. The zero-order valence-electron chi connectivity index (χ0n) is 9.15. The number of carbonyl (C=O) groups is 1. The fraction of sp³-hybridized carbons (Fsp3) is 0.700. The Bertz CT molecular complexity index is 382. The van der Waals surface area contributed by atoms with E-state index < -0.39 is 0 Å². The number of hydrogen-bond donors (Lipinski definition) is 0. The summed E-state index contributed by atoms with van der Waals surface area (Å²) >= 11 is 5.00. The third-order valence-electron chi connectivity index (χ3n) is 2.51. The first kappa shape index (κ1) is 12.0. The second-order valence-electron chi connectivity index (χ2n) is 3.89. The Morgan fingerprint density at radius 2 is 2.38 bits per heavy atom. The zero-order chi connectivity index (χ0) is 11.5. The lowest BCUT2D eigenvalue weighted by atomic mass is 10.3. The maximum Gasteiger partial charge on any atom is 0.230 e. The first-order chi connectivity index (χ1) is 7.70. The number of alkyl halides is 1. The van der Waals surface area contributed by atoms with E-state index in [0.29, 0.717) is 13.0 Å². The predicted molar refractivity (Wildman–Crippen MR) is 68.2 cm³/mol. The monoisotopic (exact) mass is 303 g/mol. The van der Waals surface area contributed by atoms with Gasteiger partial charge in [-0.1, -0.05) is 40.6 Å². The number of carbonyl (C=O) groups excluding carboxylic acids is 1. The molecule has 4 nitrogen and oxygen atoms in total. The number of aryl methyl sites for hydroxylation is 1. The molecule has 0 aromatic carbocycles. The quantitative estimate of drug-likeness (QED) is 0.802. The van der Waals surface area contributed by atoms with Crippen LogP contribution in [0.3, 0.4) is 0 Å². The van der Waals surface area contributed by atoms with E-state index in [1.165, 1.54) is 11.3 Å². The molecule has 0 aliphatic carbocycles. The van der Waals surface area contributed by atoms with Gasteiger partial charge in [0.15, 0.2) is 0 Å². The Morgan fingerprint density at radius 1 is 1.56 bits per heavy atom. The number of hydrogen-bond acceptors (Lipinski definition) is 4. The molecule has 1 aromatic heterocycles. The van der Waals surface area contributed by atoms with E-state index in [2.05, 4.69) is 33.1 Å². The molecule has 2 rings (SSSR count). The molecule has 1 fully saturated rings. The highest BCUT2D eigenvalue weighted by Crippen LogP contribution is 2.28. The van der Waals surface area contributed by atoms with Gasteiger partial charge in [-0.2, -0.15) is 0 Å². The SMILES string of the molecule is CCCCc1nnc(N2CC(Br)CC2=O)s1. The van der Waals surface area contributed by atoms with Crippen molar-refractivity contribution in [2.45, 2.75) is 37.4 Å². The summed E-state index contributed by atoms with van der Waals surface area (Å²) in [5.74, 6) is 0.139. The minimum Gasteiger partial charge on any atom is -0.286 e. The number of nitrogens with zero attached hydrogens (tertiary/aromatic N) is 3. The molecule has 16 heavy (non-hydrogen) atoms. The number of anilines is 1. The molecule has 1 aromatic rings. The molecule has 2 heterocycles. The average molecular weight is 304 g/mol. The zero-order valence-corrected chi connectivity index (χ0v) is 11.6. The predicted octanol–water partition coefficient (Wildman–Crippen LogP) is 2.38. The van der Waals surface area contributed by atoms with Crippen LogP contribution in [0.15, 0.2) is 0 Å². The Labute approximate surface area is 107 Å². The summed E-state index contributed by atoms with van der Waals surface area (Å²) in [7, 11) is 0. The molecule has 0 saturated carbocycles. The summed E-state index contributed by atoms with van der Waals surface area (Å²) in [4.78, 5) is 13.6. The first-order valence-electron chi connectivity index (χ1n) is 5.47. The summed E-state index contributed by atoms with van der Waals surface area (Å²) < 4.78 is 0. The molecular formula is C10H14BrN3OS. The van der Waals surface area contributed by atoms with Gasteiger partial charge in [0.2, 0.25) is 11.0 Å². The Morgan fingerprint density at radius 3 is 3.00 bits per heavy atom. The van der Waals surface area contributed by atoms with Crippen molar-refractivity contribution in [2.24, 2.45) is 0 Å². The number of rotatable bonds is 4. The third kappa shape index (κ3) is 2.60. The van der Waals surface area contributed by atoms with E-state index in [1.807, 2.05) is 0 Å². The van der Waals surface area contributed by atoms with Gasteiger partial charge < -0.3 is 0 Å². The third-order valence-corrected chi connectivity index (χ3v) is 4.13. The van der Waals surface area contributed by atoms with Crippen molar-refractivity contribution < 1.29 is 4.79 Å². The summed E-state index contributed by atoms with van der Waals surface area (Å²) in [5, 5.41) is 9.98. The fourth-order valence-electron chi connectivity index (χ4n) is 1.63. The van der Waals surface area contributed by atoms with Crippen LogP contribution in [0, 0.1) is 0 Å². The van der Waals surface area contributed by atoms with Crippen molar-refractivity contribution >= 4 is 38.3 Å². The standard InChI is InChI=1S/C10H14BrN3OS/c1-2-3-4-8-12-13-10(16-8)14-6-7(11)5-9(14)15/h7H,2-6H2,1H3. The average Bonchev–Trinajstić information content (AvgIpc) is 2.82. The van der Waals surface area contributed by atoms with E-state index in [-0.39, 0.29) is 10.7 Å². The Balaban J connectivity index is 2.04. The van der Waals surface area contributed by atoms with Gasteiger partial charge in [-0.25, -0.2) is 0 Å². The molecule has 0 spiro atoms. The van der Waals surface area contributed by atoms with Crippen LogP contribution in [-0.2, 0) is 11.2 Å². The molecule has 1 aliphatic heterocycles. The minimum atomic E-state index is 0.139. The molecule has 0 bridgehead atoms. The van der Waals surface area contributed by atoms with Gasteiger partial charge in [-0.05, 0) is 6.42 Å². The van der Waals surface area contributed by atoms with E-state index >= 15 is 0 Å². The lowest BCUT2D eigenvalue weighted by molar-refractivity contribution is -0.117. The molecule has 1 aliphatic rings. The largest absolute Gasteiger partial charge is 0.286 e. The molecule has 88 valence electrons. The maximum absolute atomic E-state index is 11.6. The molecule has 1 amide bonds. The normalized spacial score (nSPS) is 20.8. The van der Waals surface area contributed by atoms with Crippen molar-refractivity contribution in [3.05, 3.63) is 5.01 Å². The van der Waals surface area contributed by atoms with Gasteiger partial charge in [-0.15, -0.1) is 10.2 Å². The van der Waals surface area contributed by atoms with E-state index in [1.54, 1.807) is 4.90 Å². The summed E-state index contributed by atoms with van der Waals surface area (Å²) in [6.07, 6.45) is 3.81. The van der Waals surface area contributed by atoms with Gasteiger partial charge in [0.1, 0.15) is 5.01 Å². The van der Waals surface area contributed by atoms with Gasteiger partial charge in [0.25, 0.3) is 0 Å². The maximum atomic E-state index is 11.6. The van der Waals surface area contributed by atoms with Crippen LogP contribution in [0.1, 0.15) is 31.2 Å². The van der Waals surface area contributed by atoms with Crippen molar-refractivity contribution in [1.82, 2.24) is 10.2 Å². The molecule has 1 atom stereocenters. The van der Waals surface area contributed by atoms with Crippen molar-refractivity contribution in [3.8, 4) is 0 Å². The van der Waals surface area contributed by atoms with Crippen molar-refractivity contribution in [1.29, 1.82) is 0 Å². The van der Waals surface area contributed by atoms with Gasteiger partial charge >= 0.3 is 0 Å². The van der Waals surface area contributed by atoms with Crippen LogP contribution < -0.4 is 4.90 Å². The summed E-state index contributed by atoms with van der Waals surface area (Å²) in [6.45, 7) is 2.86. The van der Waals surface area contributed by atoms with E-state index in [9.17, 15) is 4.79 Å². The minimum absolute atomic E-state index is 0.139. The summed E-state index contributed by atoms with van der Waals surface area (Å²) in [6, 6.07) is 0. The number of halogens is 1. The van der Waals surface area contributed by atoms with Gasteiger partial charge in [-0.3, -0.25) is 9.69 Å². The van der Waals surface area contributed by atoms with Crippen LogP contribution in [0.25, 0.3) is 0 Å². The van der Waals surface area contributed by atoms with Crippen LogP contribution in [0.4, 0.5) is 5.13 Å². The Hall–Kier alpha value is -0.490. The lowest BCUT2D eigenvalue weighted by Gasteiger charge is -2.09. The highest BCUT2D eigenvalue weighted by Gasteiger charge is 2.30. The number of aromatic nitrogens is 2. The van der Waals surface area contributed by atoms with E-state index in [4.69, 9.17) is 0 Å². The fourth-order valence-corrected chi connectivity index (χ4v) is 3.11. The Kier molecular flexibility index (Phi) is 3.91. The molecular weight excluding hydrogens is 290 g/mol. The topological polar surface area (TPSA) is 46.1 Å². The first-order valence-corrected chi connectivity index (χ1v) is 7.20. The van der Waals surface area contributed by atoms with Crippen LogP contribution in [-0.4, -0.2) is 27.5 Å². The second-order valence-corrected chi connectivity index (χ2v) is 6.22. The summed E-state index contributed by atoms with van der Waals surface area (Å²) in [5.41, 5.74) is 0. The van der Waals surface area contributed by atoms with Crippen molar-refractivity contribution in [3.63, 3.8) is 0 Å². The van der Waals surface area contributed by atoms with Gasteiger partial charge in [0.05, 0.1) is 0 Å². The van der Waals surface area contributed by atoms with Crippen LogP contribution in [0.5, 0.6) is 0 Å². The lowest BCUT2D eigenvalue weighted by Crippen LogP contribution is -2.24. The van der Waals surface area contributed by atoms with Crippen molar-refractivity contribution in [2.75, 3.05) is 11.4 Å². The van der Waals surface area contributed by atoms with Gasteiger partial charge in [0, 0.05) is 24.2 Å². The number of unbranched alkanes of at least 4 members (excludes halogenated alkanes) is 1. The van der Waals surface area contributed by atoms with E-state index in [0.717, 1.165) is 29.4 Å². The molecule has 1 unspecified atom stereocenters. The highest BCUT2D eigenvalue weighted by atomic mass is 79.9.